The summed E-state index contributed by atoms with van der Waals surface area (Å²) in [6.07, 6.45) is 0. The third kappa shape index (κ3) is 3.16. The second kappa shape index (κ2) is 4.04. The molecule has 0 heterocycles. The maximum absolute atomic E-state index is 10.6. The van der Waals surface area contributed by atoms with E-state index in [9.17, 15) is 4.79 Å². The SMILES string of the molecule is COCC(=O)C(C)Br. The lowest BCUT2D eigenvalue weighted by Gasteiger charge is -1.97. The van der Waals surface area contributed by atoms with Crippen molar-refractivity contribution >= 4 is 21.7 Å². The van der Waals surface area contributed by atoms with Crippen LogP contribution in [0.4, 0.5) is 0 Å². The highest BCUT2D eigenvalue weighted by Crippen LogP contribution is 1.97. The van der Waals surface area contributed by atoms with Crippen LogP contribution in [-0.4, -0.2) is 24.3 Å². The van der Waals surface area contributed by atoms with Gasteiger partial charge in [0.1, 0.15) is 6.61 Å². The predicted molar refractivity (Wildman–Crippen MR) is 35.3 cm³/mol. The lowest BCUT2D eigenvalue weighted by atomic mass is 10.3. The van der Waals surface area contributed by atoms with Crippen molar-refractivity contribution < 1.29 is 9.53 Å². The normalized spacial score (nSPS) is 13.4. The molecule has 0 aliphatic heterocycles. The first-order valence-corrected chi connectivity index (χ1v) is 3.25. The van der Waals surface area contributed by atoms with E-state index < -0.39 is 0 Å². The number of halogens is 1. The average molecular weight is 181 g/mol. The van der Waals surface area contributed by atoms with Crippen molar-refractivity contribution in [1.82, 2.24) is 0 Å². The number of ether oxygens (including phenoxy) is 1. The molecule has 0 N–H and O–H groups in total. The second-order valence-electron chi connectivity index (χ2n) is 1.52. The van der Waals surface area contributed by atoms with Gasteiger partial charge in [-0.05, 0) is 6.92 Å². The van der Waals surface area contributed by atoms with Crippen LogP contribution in [0.2, 0.25) is 0 Å². The number of alkyl halides is 1. The second-order valence-corrected chi connectivity index (χ2v) is 2.89. The number of hydrogen-bond donors (Lipinski definition) is 0. The molecular formula is C5H9BrO2. The molecule has 0 fully saturated rings. The Morgan fingerprint density at radius 1 is 1.88 bits per heavy atom. The monoisotopic (exact) mass is 180 g/mol. The molecule has 0 aliphatic carbocycles. The average Bonchev–Trinajstić information content (AvgIpc) is 1.67. The van der Waals surface area contributed by atoms with Gasteiger partial charge in [-0.1, -0.05) is 15.9 Å². The zero-order chi connectivity index (χ0) is 6.57. The Bertz CT molecular complexity index is 80.5. The summed E-state index contributed by atoms with van der Waals surface area (Å²) in [5, 5.41) is 0. The summed E-state index contributed by atoms with van der Waals surface area (Å²) in [5.41, 5.74) is 0. The fourth-order valence-electron chi connectivity index (χ4n) is 0.257. The van der Waals surface area contributed by atoms with E-state index in [1.165, 1.54) is 7.11 Å². The molecule has 3 heteroatoms. The van der Waals surface area contributed by atoms with Gasteiger partial charge < -0.3 is 4.74 Å². The molecule has 0 aromatic rings. The number of ketones is 1. The quantitative estimate of drug-likeness (QED) is 0.606. The Morgan fingerprint density at radius 3 is 2.50 bits per heavy atom. The van der Waals surface area contributed by atoms with Crippen LogP contribution in [0.1, 0.15) is 6.92 Å². The van der Waals surface area contributed by atoms with E-state index in [1.54, 1.807) is 6.92 Å². The van der Waals surface area contributed by atoms with Gasteiger partial charge in [0, 0.05) is 7.11 Å². The first-order valence-electron chi connectivity index (χ1n) is 2.34. The minimum atomic E-state index is -0.0811. The van der Waals surface area contributed by atoms with Crippen molar-refractivity contribution in [3.8, 4) is 0 Å². The summed E-state index contributed by atoms with van der Waals surface area (Å²) < 4.78 is 4.59. The van der Waals surface area contributed by atoms with E-state index in [0.29, 0.717) is 0 Å². The highest BCUT2D eigenvalue weighted by molar-refractivity contribution is 9.10. The summed E-state index contributed by atoms with van der Waals surface area (Å²) >= 11 is 3.11. The van der Waals surface area contributed by atoms with Crippen molar-refractivity contribution in [2.75, 3.05) is 13.7 Å². The maximum atomic E-state index is 10.6. The minimum Gasteiger partial charge on any atom is -0.377 e. The zero-order valence-electron chi connectivity index (χ0n) is 4.98. The van der Waals surface area contributed by atoms with Gasteiger partial charge >= 0.3 is 0 Å². The summed E-state index contributed by atoms with van der Waals surface area (Å²) in [6, 6.07) is 0. The summed E-state index contributed by atoms with van der Waals surface area (Å²) in [6.45, 7) is 1.98. The van der Waals surface area contributed by atoms with E-state index in [4.69, 9.17) is 0 Å². The Balaban J connectivity index is 3.33. The molecule has 0 bridgehead atoms. The van der Waals surface area contributed by atoms with Crippen molar-refractivity contribution in [2.45, 2.75) is 11.8 Å². The van der Waals surface area contributed by atoms with Gasteiger partial charge in [0.05, 0.1) is 4.83 Å². The highest BCUT2D eigenvalue weighted by Gasteiger charge is 2.06. The number of Topliss-reactive ketones (excluding diaryl/α,β-unsaturated/α-hetero) is 1. The van der Waals surface area contributed by atoms with E-state index in [1.807, 2.05) is 0 Å². The molecule has 0 saturated carbocycles. The summed E-state index contributed by atoms with van der Waals surface area (Å²) in [7, 11) is 1.51. The van der Waals surface area contributed by atoms with Gasteiger partial charge in [-0.2, -0.15) is 0 Å². The Morgan fingerprint density at radius 2 is 2.38 bits per heavy atom. The number of carbonyl (C=O) groups excluding carboxylic acids is 1. The van der Waals surface area contributed by atoms with Gasteiger partial charge in [-0.25, -0.2) is 0 Å². The molecule has 0 saturated heterocycles. The molecule has 0 amide bonds. The third-order valence-corrected chi connectivity index (χ3v) is 1.24. The van der Waals surface area contributed by atoms with E-state index in [-0.39, 0.29) is 17.2 Å². The zero-order valence-corrected chi connectivity index (χ0v) is 6.56. The van der Waals surface area contributed by atoms with Crippen molar-refractivity contribution in [3.63, 3.8) is 0 Å². The van der Waals surface area contributed by atoms with Crippen LogP contribution in [0.5, 0.6) is 0 Å². The minimum absolute atomic E-state index is 0.0764. The summed E-state index contributed by atoms with van der Waals surface area (Å²) in [5.74, 6) is 0.0764. The van der Waals surface area contributed by atoms with Crippen molar-refractivity contribution in [3.05, 3.63) is 0 Å². The Kier molecular flexibility index (Phi) is 4.09. The van der Waals surface area contributed by atoms with Crippen LogP contribution < -0.4 is 0 Å². The van der Waals surface area contributed by atoms with E-state index >= 15 is 0 Å². The van der Waals surface area contributed by atoms with Crippen LogP contribution in [0, 0.1) is 0 Å². The third-order valence-electron chi connectivity index (χ3n) is 0.730. The number of hydrogen-bond acceptors (Lipinski definition) is 2. The van der Waals surface area contributed by atoms with Crippen LogP contribution >= 0.6 is 15.9 Å². The Labute approximate surface area is 57.3 Å². The van der Waals surface area contributed by atoms with Crippen LogP contribution in [0.15, 0.2) is 0 Å². The first kappa shape index (κ1) is 8.11. The van der Waals surface area contributed by atoms with E-state index in [2.05, 4.69) is 20.7 Å². The van der Waals surface area contributed by atoms with Crippen LogP contribution in [-0.2, 0) is 9.53 Å². The molecular weight excluding hydrogens is 172 g/mol. The number of methoxy groups -OCH3 is 1. The molecule has 8 heavy (non-hydrogen) atoms. The largest absolute Gasteiger partial charge is 0.377 e. The lowest BCUT2D eigenvalue weighted by molar-refractivity contribution is -0.121. The van der Waals surface area contributed by atoms with Crippen LogP contribution in [0.3, 0.4) is 0 Å². The lowest BCUT2D eigenvalue weighted by Crippen LogP contribution is -2.15. The van der Waals surface area contributed by atoms with Gasteiger partial charge in [0.25, 0.3) is 0 Å². The van der Waals surface area contributed by atoms with Crippen molar-refractivity contribution in [2.24, 2.45) is 0 Å². The molecule has 0 aromatic heterocycles. The molecule has 0 rings (SSSR count). The molecule has 0 aromatic carbocycles. The van der Waals surface area contributed by atoms with Gasteiger partial charge in [0.2, 0.25) is 0 Å². The van der Waals surface area contributed by atoms with Crippen LogP contribution in [0.25, 0.3) is 0 Å². The molecule has 0 spiro atoms. The van der Waals surface area contributed by atoms with Crippen molar-refractivity contribution in [1.29, 1.82) is 0 Å². The predicted octanol–water partition coefficient (Wildman–Crippen LogP) is 0.985. The topological polar surface area (TPSA) is 26.3 Å². The molecule has 1 atom stereocenters. The Hall–Kier alpha value is 0.110. The fourth-order valence-corrected chi connectivity index (χ4v) is 0.389. The molecule has 0 aliphatic rings. The number of rotatable bonds is 3. The summed E-state index contributed by atoms with van der Waals surface area (Å²) in [4.78, 5) is 10.5. The van der Waals surface area contributed by atoms with Gasteiger partial charge in [-0.3, -0.25) is 4.79 Å². The highest BCUT2D eigenvalue weighted by atomic mass is 79.9. The molecule has 1 unspecified atom stereocenters. The van der Waals surface area contributed by atoms with E-state index in [0.717, 1.165) is 0 Å². The smallest absolute Gasteiger partial charge is 0.171 e. The van der Waals surface area contributed by atoms with Gasteiger partial charge in [-0.15, -0.1) is 0 Å². The standard InChI is InChI=1S/C5H9BrO2/c1-4(6)5(7)3-8-2/h4H,3H2,1-2H3. The first-order chi connectivity index (χ1) is 3.68. The molecule has 2 nitrogen and oxygen atoms in total. The fraction of sp³-hybridized carbons (Fsp3) is 0.800. The van der Waals surface area contributed by atoms with Gasteiger partial charge in [0.15, 0.2) is 5.78 Å². The number of carbonyl (C=O) groups is 1. The maximum Gasteiger partial charge on any atom is 0.171 e. The molecule has 0 radical (unpaired) electrons. The molecule has 48 valence electrons.